The molecule has 0 saturated carbocycles. The maximum absolute atomic E-state index is 11.6. The quantitative estimate of drug-likeness (QED) is 0.508. The van der Waals surface area contributed by atoms with Gasteiger partial charge in [0.2, 0.25) is 0 Å². The number of alkyl carbamates (subject to hydrolysis) is 1. The number of nitrogens with one attached hydrogen (secondary N) is 1. The normalized spacial score (nSPS) is 12.9. The van der Waals surface area contributed by atoms with Gasteiger partial charge in [-0.3, -0.25) is 5.32 Å². The van der Waals surface area contributed by atoms with E-state index in [4.69, 9.17) is 16.3 Å². The molecule has 6 nitrogen and oxygen atoms in total. The van der Waals surface area contributed by atoms with Gasteiger partial charge in [0.05, 0.1) is 7.11 Å². The molecule has 0 aliphatic carbocycles. The minimum Gasteiger partial charge on any atom is -0.467 e. The van der Waals surface area contributed by atoms with Crippen LogP contribution in [0.15, 0.2) is 24.3 Å². The maximum atomic E-state index is 11.6. The average Bonchev–Trinajstić information content (AvgIpc) is 2.44. The summed E-state index contributed by atoms with van der Waals surface area (Å²) in [6.45, 7) is 1.18. The first kappa shape index (κ1) is 16.0. The van der Waals surface area contributed by atoms with E-state index in [2.05, 4.69) is 10.1 Å². The van der Waals surface area contributed by atoms with Crippen molar-refractivity contribution < 1.29 is 23.9 Å². The number of hydrogen-bond donors (Lipinski definition) is 1. The summed E-state index contributed by atoms with van der Waals surface area (Å²) in [4.78, 5) is 33.8. The fourth-order valence-corrected chi connectivity index (χ4v) is 1.58. The number of esters is 1. The van der Waals surface area contributed by atoms with Gasteiger partial charge in [0, 0.05) is 5.02 Å². The Balaban J connectivity index is 2.59. The van der Waals surface area contributed by atoms with Crippen molar-refractivity contribution in [3.63, 3.8) is 0 Å². The number of aldehydes is 1. The predicted octanol–water partition coefficient (Wildman–Crippen LogP) is 1.70. The number of carbonyl (C=O) groups excluding carboxylic acids is 3. The van der Waals surface area contributed by atoms with Crippen LogP contribution in [0.2, 0.25) is 5.02 Å². The number of ether oxygens (including phenoxy) is 2. The fourth-order valence-electron chi connectivity index (χ4n) is 1.36. The number of benzene rings is 1. The Kier molecular flexibility index (Phi) is 5.52. The zero-order valence-electron chi connectivity index (χ0n) is 11.0. The van der Waals surface area contributed by atoms with E-state index in [0.717, 1.165) is 7.11 Å². The van der Waals surface area contributed by atoms with Crippen LogP contribution in [0, 0.1) is 0 Å². The lowest BCUT2D eigenvalue weighted by Crippen LogP contribution is -2.54. The van der Waals surface area contributed by atoms with Crippen LogP contribution in [0.5, 0.6) is 0 Å². The number of methoxy groups -OCH3 is 1. The van der Waals surface area contributed by atoms with Gasteiger partial charge in [0.1, 0.15) is 6.61 Å². The molecule has 0 aromatic heterocycles. The van der Waals surface area contributed by atoms with E-state index in [0.29, 0.717) is 10.6 Å². The van der Waals surface area contributed by atoms with Crippen molar-refractivity contribution >= 4 is 29.9 Å². The van der Waals surface area contributed by atoms with Crippen LogP contribution in [-0.2, 0) is 25.7 Å². The van der Waals surface area contributed by atoms with Gasteiger partial charge in [-0.15, -0.1) is 0 Å². The number of amides is 1. The summed E-state index contributed by atoms with van der Waals surface area (Å²) in [5, 5.41) is 2.65. The molecule has 0 aliphatic heterocycles. The highest BCUT2D eigenvalue weighted by Crippen LogP contribution is 2.11. The largest absolute Gasteiger partial charge is 0.467 e. The molecule has 7 heteroatoms. The molecule has 0 aliphatic rings. The Morgan fingerprint density at radius 2 is 2.15 bits per heavy atom. The first-order valence-electron chi connectivity index (χ1n) is 5.65. The monoisotopic (exact) mass is 299 g/mol. The Hall–Kier alpha value is -2.08. The number of halogens is 1. The van der Waals surface area contributed by atoms with E-state index in [9.17, 15) is 14.4 Å². The number of carbonyl (C=O) groups is 3. The van der Waals surface area contributed by atoms with Gasteiger partial charge in [-0.2, -0.15) is 0 Å². The van der Waals surface area contributed by atoms with Crippen molar-refractivity contribution in [1.82, 2.24) is 5.32 Å². The summed E-state index contributed by atoms with van der Waals surface area (Å²) in [5.74, 6) is -0.882. The van der Waals surface area contributed by atoms with Gasteiger partial charge in [0.25, 0.3) is 0 Å². The molecule has 0 spiro atoms. The maximum Gasteiger partial charge on any atom is 0.408 e. The standard InChI is InChI=1S/C13H14ClNO5/c1-13(8-16,11(17)19-2)15-12(18)20-7-9-4-3-5-10(14)6-9/h3-6,8H,7H2,1-2H3,(H,15,18). The predicted molar refractivity (Wildman–Crippen MR) is 71.3 cm³/mol. The van der Waals surface area contributed by atoms with E-state index in [1.165, 1.54) is 6.92 Å². The van der Waals surface area contributed by atoms with Gasteiger partial charge < -0.3 is 14.3 Å². The second-order valence-electron chi connectivity index (χ2n) is 4.14. The summed E-state index contributed by atoms with van der Waals surface area (Å²) in [6, 6.07) is 6.75. The van der Waals surface area contributed by atoms with E-state index in [1.807, 2.05) is 0 Å². The molecule has 1 rings (SSSR count). The van der Waals surface area contributed by atoms with Gasteiger partial charge >= 0.3 is 12.1 Å². The Bertz CT molecular complexity index is 519. The molecular weight excluding hydrogens is 286 g/mol. The third kappa shape index (κ3) is 4.24. The molecule has 1 amide bonds. The smallest absolute Gasteiger partial charge is 0.408 e. The molecule has 1 aromatic carbocycles. The Labute approximate surface area is 121 Å². The second kappa shape index (κ2) is 6.91. The summed E-state index contributed by atoms with van der Waals surface area (Å²) < 4.78 is 9.33. The van der Waals surface area contributed by atoms with Crippen LogP contribution in [-0.4, -0.2) is 31.0 Å². The molecule has 0 radical (unpaired) electrons. The molecule has 1 aromatic rings. The van der Waals surface area contributed by atoms with Gasteiger partial charge in [-0.25, -0.2) is 9.59 Å². The summed E-state index contributed by atoms with van der Waals surface area (Å²) in [5.41, 5.74) is -1.10. The van der Waals surface area contributed by atoms with Crippen molar-refractivity contribution in [2.24, 2.45) is 0 Å². The van der Waals surface area contributed by atoms with Crippen molar-refractivity contribution in [1.29, 1.82) is 0 Å². The van der Waals surface area contributed by atoms with Gasteiger partial charge in [-0.05, 0) is 24.6 Å². The summed E-state index contributed by atoms with van der Waals surface area (Å²) >= 11 is 5.79. The third-order valence-corrected chi connectivity index (χ3v) is 2.70. The zero-order chi connectivity index (χ0) is 15.2. The van der Waals surface area contributed by atoms with Crippen molar-refractivity contribution in [3.05, 3.63) is 34.9 Å². The van der Waals surface area contributed by atoms with Gasteiger partial charge in [-0.1, -0.05) is 23.7 Å². The minimum absolute atomic E-state index is 0.0392. The lowest BCUT2D eigenvalue weighted by molar-refractivity contribution is -0.149. The topological polar surface area (TPSA) is 81.7 Å². The van der Waals surface area contributed by atoms with Crippen LogP contribution in [0.1, 0.15) is 12.5 Å². The number of hydrogen-bond acceptors (Lipinski definition) is 5. The molecule has 0 bridgehead atoms. The molecular formula is C13H14ClNO5. The van der Waals surface area contributed by atoms with Crippen molar-refractivity contribution in [2.75, 3.05) is 7.11 Å². The lowest BCUT2D eigenvalue weighted by atomic mass is 10.1. The highest BCUT2D eigenvalue weighted by molar-refractivity contribution is 6.30. The van der Waals surface area contributed by atoms with E-state index in [-0.39, 0.29) is 12.9 Å². The van der Waals surface area contributed by atoms with Crippen LogP contribution in [0.4, 0.5) is 4.79 Å². The first-order valence-corrected chi connectivity index (χ1v) is 6.03. The first-order chi connectivity index (χ1) is 9.41. The van der Waals surface area contributed by atoms with Crippen molar-refractivity contribution in [3.8, 4) is 0 Å². The van der Waals surface area contributed by atoms with E-state index >= 15 is 0 Å². The lowest BCUT2D eigenvalue weighted by Gasteiger charge is -2.21. The highest BCUT2D eigenvalue weighted by atomic mass is 35.5. The molecule has 1 atom stereocenters. The highest BCUT2D eigenvalue weighted by Gasteiger charge is 2.36. The molecule has 0 heterocycles. The Morgan fingerprint density at radius 1 is 1.45 bits per heavy atom. The second-order valence-corrected chi connectivity index (χ2v) is 4.58. The summed E-state index contributed by atoms with van der Waals surface area (Å²) in [6.07, 6.45) is -0.635. The van der Waals surface area contributed by atoms with Crippen LogP contribution in [0.25, 0.3) is 0 Å². The minimum atomic E-state index is -1.78. The molecule has 0 fully saturated rings. The molecule has 0 saturated heterocycles. The molecule has 1 N–H and O–H groups in total. The fraction of sp³-hybridized carbons (Fsp3) is 0.308. The average molecular weight is 300 g/mol. The van der Waals surface area contributed by atoms with E-state index < -0.39 is 17.6 Å². The molecule has 1 unspecified atom stereocenters. The Morgan fingerprint density at radius 3 is 2.70 bits per heavy atom. The van der Waals surface area contributed by atoms with Crippen LogP contribution in [0.3, 0.4) is 0 Å². The SMILES string of the molecule is COC(=O)C(C)(C=O)NC(=O)OCc1cccc(Cl)c1. The molecule has 108 valence electrons. The summed E-state index contributed by atoms with van der Waals surface area (Å²) in [7, 11) is 1.11. The zero-order valence-corrected chi connectivity index (χ0v) is 11.8. The van der Waals surface area contributed by atoms with E-state index in [1.54, 1.807) is 24.3 Å². The van der Waals surface area contributed by atoms with Crippen LogP contribution < -0.4 is 5.32 Å². The van der Waals surface area contributed by atoms with Crippen LogP contribution >= 0.6 is 11.6 Å². The van der Waals surface area contributed by atoms with Crippen molar-refractivity contribution in [2.45, 2.75) is 19.1 Å². The number of rotatable bonds is 5. The molecule has 20 heavy (non-hydrogen) atoms. The third-order valence-electron chi connectivity index (χ3n) is 2.47. The van der Waals surface area contributed by atoms with Gasteiger partial charge in [0.15, 0.2) is 11.8 Å².